The van der Waals surface area contributed by atoms with Gasteiger partial charge < -0.3 is 20.4 Å². The van der Waals surface area contributed by atoms with Crippen LogP contribution in [0.15, 0.2) is 59.5 Å². The molecule has 3 N–H and O–H groups in total. The Morgan fingerprint density at radius 3 is 2.64 bits per heavy atom. The summed E-state index contributed by atoms with van der Waals surface area (Å²) in [6.45, 7) is 0.537. The maximum Gasteiger partial charge on any atom is 0.258 e. The van der Waals surface area contributed by atoms with E-state index in [2.05, 4.69) is 11.4 Å². The molecule has 0 saturated heterocycles. The van der Waals surface area contributed by atoms with Crippen molar-refractivity contribution in [1.29, 1.82) is 0 Å². The second-order valence-electron chi connectivity index (χ2n) is 7.60. The van der Waals surface area contributed by atoms with Crippen molar-refractivity contribution in [3.8, 4) is 5.75 Å². The highest BCUT2D eigenvalue weighted by Crippen LogP contribution is 2.23. The molecule has 1 aliphatic rings. The molecule has 2 aromatic carbocycles. The highest BCUT2D eigenvalue weighted by molar-refractivity contribution is 5.84. The van der Waals surface area contributed by atoms with Gasteiger partial charge in [0.2, 0.25) is 0 Å². The van der Waals surface area contributed by atoms with Crippen LogP contribution in [0.2, 0.25) is 0 Å². The van der Waals surface area contributed by atoms with Crippen molar-refractivity contribution >= 4 is 16.5 Å². The van der Waals surface area contributed by atoms with E-state index in [1.807, 2.05) is 48.7 Å². The molecule has 5 nitrogen and oxygen atoms in total. The van der Waals surface area contributed by atoms with Crippen molar-refractivity contribution in [2.75, 3.05) is 12.4 Å². The lowest BCUT2D eigenvalue weighted by Crippen LogP contribution is -2.42. The Kier molecular flexibility index (Phi) is 5.35. The highest BCUT2D eigenvalue weighted by Gasteiger charge is 2.21. The van der Waals surface area contributed by atoms with Crippen LogP contribution in [-0.2, 0) is 6.54 Å². The molecular formula is C23H27N3O2. The number of pyridine rings is 1. The minimum Gasteiger partial charge on any atom is -0.497 e. The average molecular weight is 377 g/mol. The van der Waals surface area contributed by atoms with Crippen molar-refractivity contribution in [2.24, 2.45) is 5.73 Å². The molecule has 4 rings (SSSR count). The van der Waals surface area contributed by atoms with Gasteiger partial charge in [0, 0.05) is 29.4 Å². The van der Waals surface area contributed by atoms with Gasteiger partial charge in [-0.15, -0.1) is 0 Å². The first-order chi connectivity index (χ1) is 13.6. The predicted octanol–water partition coefficient (Wildman–Crippen LogP) is 3.74. The van der Waals surface area contributed by atoms with Crippen LogP contribution in [0.5, 0.6) is 5.75 Å². The van der Waals surface area contributed by atoms with E-state index in [0.717, 1.165) is 40.6 Å². The zero-order chi connectivity index (χ0) is 19.5. The van der Waals surface area contributed by atoms with Gasteiger partial charge in [-0.05, 0) is 60.2 Å². The van der Waals surface area contributed by atoms with Crippen molar-refractivity contribution in [1.82, 2.24) is 4.57 Å². The molecule has 1 heterocycles. The van der Waals surface area contributed by atoms with Gasteiger partial charge in [0.15, 0.2) is 0 Å². The summed E-state index contributed by atoms with van der Waals surface area (Å²) in [4.78, 5) is 12.9. The van der Waals surface area contributed by atoms with Crippen molar-refractivity contribution in [3.05, 3.63) is 70.6 Å². The number of nitrogens with one attached hydrogen (secondary N) is 1. The van der Waals surface area contributed by atoms with Crippen LogP contribution in [0.1, 0.15) is 31.2 Å². The van der Waals surface area contributed by atoms with E-state index in [1.165, 1.54) is 12.8 Å². The quantitative estimate of drug-likeness (QED) is 0.711. The molecule has 1 aliphatic carbocycles. The van der Waals surface area contributed by atoms with Gasteiger partial charge in [-0.3, -0.25) is 4.79 Å². The van der Waals surface area contributed by atoms with Gasteiger partial charge in [-0.25, -0.2) is 0 Å². The molecular weight excluding hydrogens is 350 g/mol. The highest BCUT2D eigenvalue weighted by atomic mass is 16.5. The third-order valence-electron chi connectivity index (χ3n) is 5.66. The number of aromatic nitrogens is 1. The lowest BCUT2D eigenvalue weighted by molar-refractivity contribution is 0.404. The maximum atomic E-state index is 12.9. The summed E-state index contributed by atoms with van der Waals surface area (Å²) in [5, 5.41) is 5.24. The number of methoxy groups -OCH3 is 1. The van der Waals surface area contributed by atoms with E-state index in [9.17, 15) is 4.79 Å². The van der Waals surface area contributed by atoms with Gasteiger partial charge in [0.05, 0.1) is 13.7 Å². The number of rotatable bonds is 5. The first-order valence-corrected chi connectivity index (χ1v) is 9.92. The minimum absolute atomic E-state index is 0.0224. The Morgan fingerprint density at radius 1 is 1.11 bits per heavy atom. The number of hydrogen-bond donors (Lipinski definition) is 2. The monoisotopic (exact) mass is 377 g/mol. The van der Waals surface area contributed by atoms with Crippen LogP contribution in [-0.4, -0.2) is 23.8 Å². The number of ether oxygens (including phenoxy) is 1. The summed E-state index contributed by atoms with van der Waals surface area (Å²) >= 11 is 0. The average Bonchev–Trinajstić information content (AvgIpc) is 2.72. The largest absolute Gasteiger partial charge is 0.497 e. The summed E-state index contributed by atoms with van der Waals surface area (Å²) in [5.74, 6) is 0.812. The zero-order valence-corrected chi connectivity index (χ0v) is 16.2. The predicted molar refractivity (Wildman–Crippen MR) is 114 cm³/mol. The maximum absolute atomic E-state index is 12.9. The first kappa shape index (κ1) is 18.6. The van der Waals surface area contributed by atoms with E-state index in [0.29, 0.717) is 12.6 Å². The fourth-order valence-corrected chi connectivity index (χ4v) is 3.98. The normalized spacial score (nSPS) is 19.5. The molecule has 0 spiro atoms. The molecule has 146 valence electrons. The Balaban J connectivity index is 1.56. The smallest absolute Gasteiger partial charge is 0.258 e. The van der Waals surface area contributed by atoms with E-state index in [1.54, 1.807) is 11.7 Å². The number of anilines is 1. The van der Waals surface area contributed by atoms with Crippen LogP contribution in [0.4, 0.5) is 5.69 Å². The SMILES string of the molecule is COc1ccc(Cn2ccc3cc(NC4CCCCC4N)ccc3c2=O)cc1. The van der Waals surface area contributed by atoms with Gasteiger partial charge in [-0.1, -0.05) is 25.0 Å². The van der Waals surface area contributed by atoms with Gasteiger partial charge in [0.25, 0.3) is 5.56 Å². The molecule has 0 radical (unpaired) electrons. The molecule has 1 saturated carbocycles. The van der Waals surface area contributed by atoms with Crippen molar-refractivity contribution in [2.45, 2.75) is 44.3 Å². The van der Waals surface area contributed by atoms with Crippen LogP contribution in [0.25, 0.3) is 10.8 Å². The minimum atomic E-state index is 0.0224. The summed E-state index contributed by atoms with van der Waals surface area (Å²) in [5.41, 5.74) is 8.37. The Bertz CT molecular complexity index is 1010. The van der Waals surface area contributed by atoms with E-state index >= 15 is 0 Å². The number of benzene rings is 2. The summed E-state index contributed by atoms with van der Waals surface area (Å²) in [6.07, 6.45) is 6.47. The Hall–Kier alpha value is -2.79. The first-order valence-electron chi connectivity index (χ1n) is 9.92. The molecule has 0 amide bonds. The van der Waals surface area contributed by atoms with Crippen molar-refractivity contribution in [3.63, 3.8) is 0 Å². The lowest BCUT2D eigenvalue weighted by atomic mass is 9.91. The second-order valence-corrected chi connectivity index (χ2v) is 7.60. The van der Waals surface area contributed by atoms with E-state index < -0.39 is 0 Å². The number of hydrogen-bond acceptors (Lipinski definition) is 4. The van der Waals surface area contributed by atoms with Crippen molar-refractivity contribution < 1.29 is 4.74 Å². The van der Waals surface area contributed by atoms with E-state index in [4.69, 9.17) is 10.5 Å². The topological polar surface area (TPSA) is 69.3 Å². The zero-order valence-electron chi connectivity index (χ0n) is 16.2. The standard InChI is InChI=1S/C23H27N3O2/c1-28-19-9-6-16(7-10-19)15-26-13-12-17-14-18(8-11-20(17)23(26)27)25-22-5-3-2-4-21(22)24/h6-14,21-22,25H,2-5,15,24H2,1H3. The molecule has 28 heavy (non-hydrogen) atoms. The molecule has 2 atom stereocenters. The Morgan fingerprint density at radius 2 is 1.89 bits per heavy atom. The van der Waals surface area contributed by atoms with Crippen LogP contribution >= 0.6 is 0 Å². The fourth-order valence-electron chi connectivity index (χ4n) is 3.98. The molecule has 0 aliphatic heterocycles. The van der Waals surface area contributed by atoms with E-state index in [-0.39, 0.29) is 11.6 Å². The molecule has 3 aromatic rings. The van der Waals surface area contributed by atoms with Gasteiger partial charge in [-0.2, -0.15) is 0 Å². The van der Waals surface area contributed by atoms with Crippen LogP contribution in [0, 0.1) is 0 Å². The van der Waals surface area contributed by atoms with Crippen LogP contribution < -0.4 is 21.3 Å². The lowest BCUT2D eigenvalue weighted by Gasteiger charge is -2.30. The molecule has 0 bridgehead atoms. The summed E-state index contributed by atoms with van der Waals surface area (Å²) in [7, 11) is 1.65. The molecule has 5 heteroatoms. The number of nitrogens with two attached hydrogens (primary N) is 1. The molecule has 2 unspecified atom stereocenters. The Labute approximate surface area is 165 Å². The number of nitrogens with zero attached hydrogens (tertiary/aromatic N) is 1. The fraction of sp³-hybridized carbons (Fsp3) is 0.348. The third kappa shape index (κ3) is 3.90. The third-order valence-corrected chi connectivity index (χ3v) is 5.66. The van der Waals surface area contributed by atoms with Gasteiger partial charge >= 0.3 is 0 Å². The summed E-state index contributed by atoms with van der Waals surface area (Å²) in [6, 6.07) is 16.3. The number of fused-ring (bicyclic) bond motifs is 1. The molecule has 1 aromatic heterocycles. The second kappa shape index (κ2) is 8.07. The molecule has 1 fully saturated rings. The van der Waals surface area contributed by atoms with Crippen LogP contribution in [0.3, 0.4) is 0 Å². The van der Waals surface area contributed by atoms with Gasteiger partial charge in [0.1, 0.15) is 5.75 Å². The summed E-state index contributed by atoms with van der Waals surface area (Å²) < 4.78 is 6.93.